The first-order valence-electron chi connectivity index (χ1n) is 4.44. The molecule has 1 unspecified atom stereocenters. The van der Waals surface area contributed by atoms with Gasteiger partial charge in [0.05, 0.1) is 11.1 Å². The van der Waals surface area contributed by atoms with E-state index in [0.29, 0.717) is 5.56 Å². The lowest BCUT2D eigenvalue weighted by atomic mass is 10.1. The van der Waals surface area contributed by atoms with E-state index < -0.39 is 18.3 Å². The molecule has 0 bridgehead atoms. The number of nitrogens with one attached hydrogen (secondary N) is 1. The number of likely N-dealkylation sites (N-methyl/N-ethyl adjacent to an activating group) is 1. The fourth-order valence-corrected chi connectivity index (χ4v) is 1.36. The summed E-state index contributed by atoms with van der Waals surface area (Å²) >= 11 is 5.47. The lowest BCUT2D eigenvalue weighted by molar-refractivity contribution is 0.102. The van der Waals surface area contributed by atoms with Crippen LogP contribution in [0.5, 0.6) is 0 Å². The Hall–Kier alpha value is -0.740. The normalized spacial score (nSPS) is 13.2. The Balaban J connectivity index is 2.75. The van der Waals surface area contributed by atoms with Gasteiger partial charge in [-0.05, 0) is 31.2 Å². The smallest absolute Gasteiger partial charge is 0.254 e. The van der Waals surface area contributed by atoms with Gasteiger partial charge in [0.15, 0.2) is 0 Å². The van der Waals surface area contributed by atoms with Crippen molar-refractivity contribution in [2.75, 3.05) is 7.05 Å². The van der Waals surface area contributed by atoms with Crippen LogP contribution in [0.15, 0.2) is 18.2 Å². The highest BCUT2D eigenvalue weighted by atomic mass is 35.5. The third kappa shape index (κ3) is 3.39. The molecule has 0 aliphatic carbocycles. The van der Waals surface area contributed by atoms with Gasteiger partial charge in [-0.1, -0.05) is 17.7 Å². The van der Waals surface area contributed by atoms with E-state index in [0.717, 1.165) is 0 Å². The maximum Gasteiger partial charge on any atom is 0.254 e. The summed E-state index contributed by atoms with van der Waals surface area (Å²) in [5.74, 6) is -0.585. The molecule has 15 heavy (non-hydrogen) atoms. The fourth-order valence-electron chi connectivity index (χ4n) is 1.24. The van der Waals surface area contributed by atoms with Crippen LogP contribution in [-0.2, 0) is 6.42 Å². The predicted molar refractivity (Wildman–Crippen MR) is 54.0 cm³/mol. The number of hydrogen-bond donors (Lipinski definition) is 1. The summed E-state index contributed by atoms with van der Waals surface area (Å²) in [6, 6.07) is 3.11. The second-order valence-electron chi connectivity index (χ2n) is 3.18. The Morgan fingerprint density at radius 3 is 2.53 bits per heavy atom. The predicted octanol–water partition coefficient (Wildman–Crippen LogP) is 2.87. The average Bonchev–Trinajstić information content (AvgIpc) is 2.19. The quantitative estimate of drug-likeness (QED) is 0.849. The van der Waals surface area contributed by atoms with Crippen molar-refractivity contribution in [1.82, 2.24) is 5.32 Å². The van der Waals surface area contributed by atoms with Crippen molar-refractivity contribution in [2.24, 2.45) is 0 Å². The molecule has 0 amide bonds. The Kier molecular flexibility index (Phi) is 4.42. The van der Waals surface area contributed by atoms with E-state index in [1.807, 2.05) is 0 Å². The van der Waals surface area contributed by atoms with Crippen molar-refractivity contribution in [1.29, 1.82) is 0 Å². The van der Waals surface area contributed by atoms with E-state index in [1.54, 1.807) is 0 Å². The van der Waals surface area contributed by atoms with Crippen molar-refractivity contribution in [3.05, 3.63) is 34.6 Å². The molecule has 0 saturated heterocycles. The van der Waals surface area contributed by atoms with Gasteiger partial charge in [0.2, 0.25) is 0 Å². The van der Waals surface area contributed by atoms with Gasteiger partial charge in [0.25, 0.3) is 6.43 Å². The maximum atomic E-state index is 13.0. The summed E-state index contributed by atoms with van der Waals surface area (Å²) in [6.07, 6.45) is -2.41. The third-order valence-corrected chi connectivity index (χ3v) is 2.42. The maximum absolute atomic E-state index is 13.0. The summed E-state index contributed by atoms with van der Waals surface area (Å²) in [4.78, 5) is 0. The molecule has 1 aromatic rings. The van der Waals surface area contributed by atoms with E-state index >= 15 is 0 Å². The highest BCUT2D eigenvalue weighted by Gasteiger charge is 2.18. The molecule has 0 spiro atoms. The highest BCUT2D eigenvalue weighted by molar-refractivity contribution is 6.30. The van der Waals surface area contributed by atoms with Crippen molar-refractivity contribution in [3.63, 3.8) is 0 Å². The zero-order chi connectivity index (χ0) is 11.4. The van der Waals surface area contributed by atoms with Gasteiger partial charge in [0.1, 0.15) is 5.82 Å². The van der Waals surface area contributed by atoms with Gasteiger partial charge in [0, 0.05) is 0 Å². The molecule has 0 saturated carbocycles. The van der Waals surface area contributed by atoms with Crippen LogP contribution < -0.4 is 5.32 Å². The zero-order valence-electron chi connectivity index (χ0n) is 8.11. The molecular formula is C10H11ClF3N. The molecule has 0 radical (unpaired) electrons. The minimum absolute atomic E-state index is 0.00296. The van der Waals surface area contributed by atoms with Crippen molar-refractivity contribution < 1.29 is 13.2 Å². The lowest BCUT2D eigenvalue weighted by Crippen LogP contribution is -2.34. The molecule has 5 heteroatoms. The number of rotatable bonds is 4. The van der Waals surface area contributed by atoms with Crippen LogP contribution >= 0.6 is 11.6 Å². The molecule has 0 heterocycles. The first kappa shape index (κ1) is 12.3. The second kappa shape index (κ2) is 5.37. The first-order chi connectivity index (χ1) is 7.04. The van der Waals surface area contributed by atoms with E-state index in [2.05, 4.69) is 5.32 Å². The standard InChI is InChI=1S/C10H11ClF3N/c1-15-9(10(13)14)5-6-2-3-7(11)8(12)4-6/h2-4,9-10,15H,5H2,1H3. The monoisotopic (exact) mass is 237 g/mol. The van der Waals surface area contributed by atoms with Gasteiger partial charge in [-0.25, -0.2) is 13.2 Å². The Morgan fingerprint density at radius 2 is 2.07 bits per heavy atom. The van der Waals surface area contributed by atoms with Crippen LogP contribution in [0.1, 0.15) is 5.56 Å². The summed E-state index contributed by atoms with van der Waals surface area (Å²) in [6.45, 7) is 0. The topological polar surface area (TPSA) is 12.0 Å². The van der Waals surface area contributed by atoms with E-state index in [-0.39, 0.29) is 11.4 Å². The van der Waals surface area contributed by atoms with Crippen LogP contribution in [-0.4, -0.2) is 19.5 Å². The van der Waals surface area contributed by atoms with Gasteiger partial charge in [-0.3, -0.25) is 0 Å². The number of alkyl halides is 2. The number of hydrogen-bond acceptors (Lipinski definition) is 1. The number of benzene rings is 1. The molecule has 1 rings (SSSR count). The van der Waals surface area contributed by atoms with Crippen LogP contribution in [0.25, 0.3) is 0 Å². The molecular weight excluding hydrogens is 227 g/mol. The van der Waals surface area contributed by atoms with Gasteiger partial charge in [-0.15, -0.1) is 0 Å². The molecule has 1 aromatic carbocycles. The largest absolute Gasteiger partial charge is 0.312 e. The van der Waals surface area contributed by atoms with Crippen LogP contribution in [0.4, 0.5) is 13.2 Å². The lowest BCUT2D eigenvalue weighted by Gasteiger charge is -2.14. The zero-order valence-corrected chi connectivity index (χ0v) is 8.86. The van der Waals surface area contributed by atoms with E-state index in [9.17, 15) is 13.2 Å². The summed E-state index contributed by atoms with van der Waals surface area (Å²) < 4.78 is 37.8. The minimum Gasteiger partial charge on any atom is -0.312 e. The molecule has 1 atom stereocenters. The molecule has 0 aliphatic rings. The average molecular weight is 238 g/mol. The first-order valence-corrected chi connectivity index (χ1v) is 4.81. The van der Waals surface area contributed by atoms with E-state index in [1.165, 1.54) is 25.2 Å². The molecule has 0 aliphatic heterocycles. The van der Waals surface area contributed by atoms with Crippen molar-refractivity contribution >= 4 is 11.6 Å². The molecule has 1 nitrogen and oxygen atoms in total. The van der Waals surface area contributed by atoms with Crippen molar-refractivity contribution in [3.8, 4) is 0 Å². The van der Waals surface area contributed by atoms with Gasteiger partial charge in [-0.2, -0.15) is 0 Å². The fraction of sp³-hybridized carbons (Fsp3) is 0.400. The second-order valence-corrected chi connectivity index (χ2v) is 3.59. The van der Waals surface area contributed by atoms with E-state index in [4.69, 9.17) is 11.6 Å². The Bertz CT molecular complexity index is 330. The SMILES string of the molecule is CNC(Cc1ccc(Cl)c(F)c1)C(F)F. The molecule has 1 N–H and O–H groups in total. The summed E-state index contributed by atoms with van der Waals surface area (Å²) in [7, 11) is 1.45. The van der Waals surface area contributed by atoms with Crippen LogP contribution in [0, 0.1) is 5.82 Å². The molecule has 84 valence electrons. The number of halogens is 4. The summed E-state index contributed by atoms with van der Waals surface area (Å²) in [5.41, 5.74) is 0.497. The van der Waals surface area contributed by atoms with Gasteiger partial charge >= 0.3 is 0 Å². The minimum atomic E-state index is -2.48. The third-order valence-electron chi connectivity index (χ3n) is 2.11. The highest BCUT2D eigenvalue weighted by Crippen LogP contribution is 2.17. The molecule has 0 fully saturated rings. The van der Waals surface area contributed by atoms with Crippen LogP contribution in [0.3, 0.4) is 0 Å². The van der Waals surface area contributed by atoms with Crippen molar-refractivity contribution in [2.45, 2.75) is 18.9 Å². The van der Waals surface area contributed by atoms with Crippen LogP contribution in [0.2, 0.25) is 5.02 Å². The summed E-state index contributed by atoms with van der Waals surface area (Å²) in [5, 5.41) is 2.48. The molecule has 0 aromatic heterocycles. The Labute approximate surface area is 91.2 Å². The van der Waals surface area contributed by atoms with Gasteiger partial charge < -0.3 is 5.32 Å². The Morgan fingerprint density at radius 1 is 1.40 bits per heavy atom.